The van der Waals surface area contributed by atoms with E-state index in [4.69, 9.17) is 9.15 Å². The monoisotopic (exact) mass is 366 g/mol. The molecular weight excluding hydrogens is 336 g/mol. The molecule has 7 heteroatoms. The second-order valence-electron chi connectivity index (χ2n) is 7.19. The van der Waals surface area contributed by atoms with Gasteiger partial charge in [-0.2, -0.15) is 0 Å². The van der Waals surface area contributed by atoms with Gasteiger partial charge in [0.2, 0.25) is 5.91 Å². The second-order valence-corrected chi connectivity index (χ2v) is 7.19. The predicted octanol–water partition coefficient (Wildman–Crippen LogP) is 1.93. The van der Waals surface area contributed by atoms with Crippen molar-refractivity contribution >= 4 is 11.9 Å². The van der Waals surface area contributed by atoms with Crippen LogP contribution in [-0.2, 0) is 27.5 Å². The molecule has 1 N–H and O–H groups in total. The summed E-state index contributed by atoms with van der Waals surface area (Å²) in [5, 5.41) is 10.1. The molecule has 1 atom stereocenters. The highest BCUT2D eigenvalue weighted by Gasteiger charge is 2.27. The summed E-state index contributed by atoms with van der Waals surface area (Å²) in [5.74, 6) is 1.13. The Morgan fingerprint density at radius 3 is 2.65 bits per heavy atom. The Labute approximate surface area is 154 Å². The van der Waals surface area contributed by atoms with E-state index in [0.717, 1.165) is 25.3 Å². The van der Waals surface area contributed by atoms with Gasteiger partial charge in [0.05, 0.1) is 18.6 Å². The molecule has 0 aromatic carbocycles. The molecule has 0 radical (unpaired) electrons. The molecule has 26 heavy (non-hydrogen) atoms. The van der Waals surface area contributed by atoms with Crippen LogP contribution in [-0.4, -0.2) is 58.6 Å². The maximum Gasteiger partial charge on any atom is 0.303 e. The topological polar surface area (TPSA) is 83.2 Å². The number of carbonyl (C=O) groups is 2. The maximum absolute atomic E-state index is 12.4. The van der Waals surface area contributed by atoms with Crippen molar-refractivity contribution in [3.05, 3.63) is 23.7 Å². The number of hydrogen-bond acceptors (Lipinski definition) is 6. The number of furan rings is 1. The Kier molecular flexibility index (Phi) is 7.23. The lowest BCUT2D eigenvalue weighted by atomic mass is 9.98. The fourth-order valence-electron chi connectivity index (χ4n) is 2.92. The van der Waals surface area contributed by atoms with Crippen LogP contribution in [0.2, 0.25) is 0 Å². The van der Waals surface area contributed by atoms with Gasteiger partial charge < -0.3 is 19.2 Å². The van der Waals surface area contributed by atoms with E-state index in [1.54, 1.807) is 6.92 Å². The van der Waals surface area contributed by atoms with Crippen LogP contribution in [0.4, 0.5) is 0 Å². The third kappa shape index (κ3) is 6.46. The minimum absolute atomic E-state index is 0.0142. The van der Waals surface area contributed by atoms with Crippen LogP contribution in [0.25, 0.3) is 0 Å². The quantitative estimate of drug-likeness (QED) is 0.743. The normalized spacial score (nSPS) is 18.2. The smallest absolute Gasteiger partial charge is 0.303 e. The largest absolute Gasteiger partial charge is 0.461 e. The Morgan fingerprint density at radius 2 is 1.96 bits per heavy atom. The van der Waals surface area contributed by atoms with Crippen molar-refractivity contribution in [2.75, 3.05) is 26.2 Å². The Bertz CT molecular complexity index is 611. The van der Waals surface area contributed by atoms with Gasteiger partial charge in [-0.25, -0.2) is 0 Å². The molecule has 0 saturated carbocycles. The number of carbonyl (C=O) groups excluding carboxylic acids is 2. The zero-order chi connectivity index (χ0) is 19.2. The summed E-state index contributed by atoms with van der Waals surface area (Å²) < 4.78 is 10.6. The summed E-state index contributed by atoms with van der Waals surface area (Å²) in [5.41, 5.74) is -0.935. The standard InChI is InChI=1S/C19H30N2O5/c1-4-19(3,24)12-18(23)21-9-5-8-20(10-11-21)13-16-6-7-17(26-16)14-25-15(2)22/h6-7,24H,4-5,8-14H2,1-3H3. The van der Waals surface area contributed by atoms with Crippen LogP contribution in [0.5, 0.6) is 0 Å². The van der Waals surface area contributed by atoms with Gasteiger partial charge in [0.1, 0.15) is 18.1 Å². The highest BCUT2D eigenvalue weighted by molar-refractivity contribution is 5.77. The van der Waals surface area contributed by atoms with E-state index >= 15 is 0 Å². The summed E-state index contributed by atoms with van der Waals surface area (Å²) in [6.07, 6.45) is 1.62. The van der Waals surface area contributed by atoms with E-state index in [1.165, 1.54) is 6.92 Å². The first-order valence-electron chi connectivity index (χ1n) is 9.22. The van der Waals surface area contributed by atoms with E-state index in [-0.39, 0.29) is 24.9 Å². The van der Waals surface area contributed by atoms with Crippen LogP contribution < -0.4 is 0 Å². The van der Waals surface area contributed by atoms with Crippen LogP contribution >= 0.6 is 0 Å². The van der Waals surface area contributed by atoms with Crippen molar-refractivity contribution in [3.63, 3.8) is 0 Å². The third-order valence-electron chi connectivity index (χ3n) is 4.75. The molecule has 1 aromatic rings. The summed E-state index contributed by atoms with van der Waals surface area (Å²) in [4.78, 5) is 27.4. The Hall–Kier alpha value is -1.86. The number of hydrogen-bond donors (Lipinski definition) is 1. The zero-order valence-electron chi connectivity index (χ0n) is 16.0. The summed E-state index contributed by atoms with van der Waals surface area (Å²) in [6.45, 7) is 8.78. The van der Waals surface area contributed by atoms with Gasteiger partial charge in [0.15, 0.2) is 0 Å². The Morgan fingerprint density at radius 1 is 1.23 bits per heavy atom. The van der Waals surface area contributed by atoms with E-state index in [9.17, 15) is 14.7 Å². The van der Waals surface area contributed by atoms with Gasteiger partial charge in [-0.15, -0.1) is 0 Å². The molecule has 146 valence electrons. The number of amides is 1. The summed E-state index contributed by atoms with van der Waals surface area (Å²) in [7, 11) is 0. The van der Waals surface area contributed by atoms with E-state index < -0.39 is 5.60 Å². The molecule has 0 aliphatic carbocycles. The molecule has 0 bridgehead atoms. The van der Waals surface area contributed by atoms with Gasteiger partial charge >= 0.3 is 5.97 Å². The molecule has 7 nitrogen and oxygen atoms in total. The number of ether oxygens (including phenoxy) is 1. The molecule has 2 heterocycles. The first-order chi connectivity index (χ1) is 12.3. The van der Waals surface area contributed by atoms with Crippen molar-refractivity contribution in [1.29, 1.82) is 0 Å². The van der Waals surface area contributed by atoms with Crippen molar-refractivity contribution in [2.45, 2.75) is 58.8 Å². The molecule has 1 fully saturated rings. The molecule has 1 unspecified atom stereocenters. The number of aliphatic hydroxyl groups is 1. The highest BCUT2D eigenvalue weighted by atomic mass is 16.5. The third-order valence-corrected chi connectivity index (χ3v) is 4.75. The second kappa shape index (κ2) is 9.19. The fourth-order valence-corrected chi connectivity index (χ4v) is 2.92. The van der Waals surface area contributed by atoms with Gasteiger partial charge in [-0.05, 0) is 31.9 Å². The van der Waals surface area contributed by atoms with Gasteiger partial charge in [0, 0.05) is 33.1 Å². The molecule has 2 rings (SSSR count). The lowest BCUT2D eigenvalue weighted by Crippen LogP contribution is -2.39. The lowest BCUT2D eigenvalue weighted by Gasteiger charge is -2.26. The highest BCUT2D eigenvalue weighted by Crippen LogP contribution is 2.17. The molecule has 1 aromatic heterocycles. The number of rotatable bonds is 7. The van der Waals surface area contributed by atoms with Crippen LogP contribution in [0.3, 0.4) is 0 Å². The molecular formula is C19H30N2O5. The minimum Gasteiger partial charge on any atom is -0.461 e. The molecule has 1 aliphatic heterocycles. The zero-order valence-corrected chi connectivity index (χ0v) is 16.0. The van der Waals surface area contributed by atoms with Gasteiger partial charge in [-0.1, -0.05) is 6.92 Å². The number of esters is 1. The Balaban J connectivity index is 1.83. The van der Waals surface area contributed by atoms with Crippen molar-refractivity contribution in [1.82, 2.24) is 9.80 Å². The van der Waals surface area contributed by atoms with E-state index in [2.05, 4.69) is 4.90 Å². The van der Waals surface area contributed by atoms with Crippen molar-refractivity contribution < 1.29 is 23.8 Å². The predicted molar refractivity (Wildman–Crippen MR) is 96.2 cm³/mol. The van der Waals surface area contributed by atoms with Crippen LogP contribution in [0.1, 0.15) is 51.6 Å². The van der Waals surface area contributed by atoms with Gasteiger partial charge in [-0.3, -0.25) is 14.5 Å². The first kappa shape index (κ1) is 20.5. The molecule has 0 spiro atoms. The van der Waals surface area contributed by atoms with E-state index in [1.807, 2.05) is 24.0 Å². The van der Waals surface area contributed by atoms with Crippen LogP contribution in [0.15, 0.2) is 16.5 Å². The molecule has 1 saturated heterocycles. The average molecular weight is 366 g/mol. The first-order valence-corrected chi connectivity index (χ1v) is 9.22. The number of nitrogens with zero attached hydrogens (tertiary/aromatic N) is 2. The average Bonchev–Trinajstić information content (AvgIpc) is 2.88. The van der Waals surface area contributed by atoms with Gasteiger partial charge in [0.25, 0.3) is 0 Å². The van der Waals surface area contributed by atoms with E-state index in [0.29, 0.717) is 31.8 Å². The SMILES string of the molecule is CCC(C)(O)CC(=O)N1CCCN(Cc2ccc(COC(C)=O)o2)CC1. The summed E-state index contributed by atoms with van der Waals surface area (Å²) in [6, 6.07) is 3.71. The molecule has 1 aliphatic rings. The van der Waals surface area contributed by atoms with Crippen molar-refractivity contribution in [3.8, 4) is 0 Å². The van der Waals surface area contributed by atoms with Crippen LogP contribution in [0, 0.1) is 0 Å². The lowest BCUT2D eigenvalue weighted by molar-refractivity contribution is -0.142. The fraction of sp³-hybridized carbons (Fsp3) is 0.684. The molecule has 1 amide bonds. The summed E-state index contributed by atoms with van der Waals surface area (Å²) >= 11 is 0. The van der Waals surface area contributed by atoms with Crippen molar-refractivity contribution in [2.24, 2.45) is 0 Å². The maximum atomic E-state index is 12.4. The minimum atomic E-state index is -0.935.